The second-order valence-electron chi connectivity index (χ2n) is 5.41. The van der Waals surface area contributed by atoms with Gasteiger partial charge in [0.25, 0.3) is 0 Å². The minimum atomic E-state index is -4.67. The quantitative estimate of drug-likeness (QED) is 0.584. The van der Waals surface area contributed by atoms with Gasteiger partial charge >= 0.3 is 6.18 Å². The zero-order valence-electron chi connectivity index (χ0n) is 12.9. The molecule has 0 aromatic heterocycles. The van der Waals surface area contributed by atoms with E-state index in [4.69, 9.17) is 11.6 Å². The Morgan fingerprint density at radius 1 is 0.720 bits per heavy atom. The smallest absolute Gasteiger partial charge is 0.309 e. The minimum absolute atomic E-state index is 0.161. The molecule has 0 aliphatic heterocycles. The van der Waals surface area contributed by atoms with Crippen LogP contribution in [0.1, 0.15) is 5.56 Å². The molecule has 0 unspecified atom stereocenters. The molecule has 1 nitrogen and oxygen atoms in total. The van der Waals surface area contributed by atoms with Crippen LogP contribution in [0.3, 0.4) is 0 Å². The van der Waals surface area contributed by atoms with E-state index in [9.17, 15) is 17.7 Å². The molecule has 0 radical (unpaired) electrons. The van der Waals surface area contributed by atoms with Crippen molar-refractivity contribution < 1.29 is 17.7 Å². The van der Waals surface area contributed by atoms with Gasteiger partial charge in [-0.05, 0) is 12.1 Å². The van der Waals surface area contributed by atoms with Crippen molar-refractivity contribution in [3.8, 4) is 0 Å². The molecule has 3 rings (SSSR count). The Kier molecular flexibility index (Phi) is 4.77. The number of alkyl halides is 3. The summed E-state index contributed by atoms with van der Waals surface area (Å²) in [6, 6.07) is 19.8. The number of benzene rings is 3. The summed E-state index contributed by atoms with van der Waals surface area (Å²) in [5.41, 5.74) is -0.976. The molecule has 0 bridgehead atoms. The lowest BCUT2D eigenvalue weighted by atomic mass is 10.2. The standard InChI is InChI=1S/C19H13ClF3OP/c20-17-13-7-12-16(19(21,22)23)18(17)25(24,14-8-3-1-4-9-14)15-10-5-2-6-11-15/h1-13H. The van der Waals surface area contributed by atoms with Gasteiger partial charge in [0.2, 0.25) is 0 Å². The highest BCUT2D eigenvalue weighted by molar-refractivity contribution is 7.85. The molecule has 0 saturated heterocycles. The van der Waals surface area contributed by atoms with Crippen LogP contribution in [-0.2, 0) is 10.7 Å². The number of halogens is 4. The Bertz CT molecular complexity index is 881. The Hall–Kier alpha value is -2.03. The van der Waals surface area contributed by atoms with Gasteiger partial charge in [-0.2, -0.15) is 13.2 Å². The van der Waals surface area contributed by atoms with Gasteiger partial charge in [0.15, 0.2) is 7.14 Å². The Labute approximate surface area is 148 Å². The molecule has 0 amide bonds. The van der Waals surface area contributed by atoms with E-state index >= 15 is 0 Å². The molecule has 128 valence electrons. The van der Waals surface area contributed by atoms with Crippen LogP contribution in [0.2, 0.25) is 5.02 Å². The van der Waals surface area contributed by atoms with Gasteiger partial charge in [0.1, 0.15) is 0 Å². The van der Waals surface area contributed by atoms with Gasteiger partial charge in [-0.15, -0.1) is 0 Å². The molecule has 0 spiro atoms. The summed E-state index contributed by atoms with van der Waals surface area (Å²) in [6.45, 7) is 0. The third-order valence-corrected chi connectivity index (χ3v) is 7.46. The molecule has 0 aliphatic carbocycles. The fraction of sp³-hybridized carbons (Fsp3) is 0.0526. The first-order valence-electron chi connectivity index (χ1n) is 7.42. The lowest BCUT2D eigenvalue weighted by molar-refractivity contribution is -0.136. The molecule has 0 saturated carbocycles. The average molecular weight is 381 g/mol. The van der Waals surface area contributed by atoms with Crippen molar-refractivity contribution in [2.24, 2.45) is 0 Å². The highest BCUT2D eigenvalue weighted by atomic mass is 35.5. The lowest BCUT2D eigenvalue weighted by Gasteiger charge is -2.24. The van der Waals surface area contributed by atoms with E-state index in [-0.39, 0.29) is 10.3 Å². The molecule has 6 heteroatoms. The maximum absolute atomic E-state index is 14.1. The van der Waals surface area contributed by atoms with E-state index in [1.54, 1.807) is 60.7 Å². The molecule has 0 heterocycles. The van der Waals surface area contributed by atoms with Gasteiger partial charge < -0.3 is 4.57 Å². The highest BCUT2D eigenvalue weighted by Gasteiger charge is 2.42. The predicted molar refractivity (Wildman–Crippen MR) is 95.8 cm³/mol. The van der Waals surface area contributed by atoms with Crippen LogP contribution in [0, 0.1) is 0 Å². The fourth-order valence-electron chi connectivity index (χ4n) is 2.75. The van der Waals surface area contributed by atoms with Crippen molar-refractivity contribution >= 4 is 34.7 Å². The molecular weight excluding hydrogens is 368 g/mol. The second kappa shape index (κ2) is 6.70. The lowest BCUT2D eigenvalue weighted by Crippen LogP contribution is -2.31. The van der Waals surface area contributed by atoms with Crippen LogP contribution >= 0.6 is 18.7 Å². The predicted octanol–water partition coefficient (Wildman–Crippen LogP) is 5.00. The maximum Gasteiger partial charge on any atom is 0.417 e. The number of rotatable bonds is 3. The highest BCUT2D eigenvalue weighted by Crippen LogP contribution is 2.48. The van der Waals surface area contributed by atoms with Gasteiger partial charge in [-0.1, -0.05) is 78.3 Å². The summed E-state index contributed by atoms with van der Waals surface area (Å²) < 4.78 is 55.0. The second-order valence-corrected chi connectivity index (χ2v) is 8.52. The molecular formula is C19H13ClF3OP. The van der Waals surface area contributed by atoms with E-state index in [2.05, 4.69) is 0 Å². The van der Waals surface area contributed by atoms with Gasteiger partial charge in [0.05, 0.1) is 15.9 Å². The van der Waals surface area contributed by atoms with E-state index < -0.39 is 18.9 Å². The normalized spacial score (nSPS) is 12.2. The Morgan fingerprint density at radius 3 is 1.64 bits per heavy atom. The van der Waals surface area contributed by atoms with Crippen LogP contribution in [0.5, 0.6) is 0 Å². The van der Waals surface area contributed by atoms with Crippen LogP contribution in [0.4, 0.5) is 13.2 Å². The van der Waals surface area contributed by atoms with Gasteiger partial charge in [-0.25, -0.2) is 0 Å². The van der Waals surface area contributed by atoms with Crippen LogP contribution < -0.4 is 15.9 Å². The van der Waals surface area contributed by atoms with Gasteiger partial charge in [-0.3, -0.25) is 0 Å². The summed E-state index contributed by atoms with van der Waals surface area (Å²) in [6.07, 6.45) is -4.67. The third kappa shape index (κ3) is 3.24. The monoisotopic (exact) mass is 380 g/mol. The van der Waals surface area contributed by atoms with Crippen molar-refractivity contribution in [1.82, 2.24) is 0 Å². The average Bonchev–Trinajstić information content (AvgIpc) is 2.61. The molecule has 3 aromatic carbocycles. The van der Waals surface area contributed by atoms with Crippen LogP contribution in [0.25, 0.3) is 0 Å². The van der Waals surface area contributed by atoms with Crippen LogP contribution in [-0.4, -0.2) is 0 Å². The van der Waals surface area contributed by atoms with Gasteiger partial charge in [0, 0.05) is 10.6 Å². The van der Waals surface area contributed by atoms with Crippen LogP contribution in [0.15, 0.2) is 78.9 Å². The first-order valence-corrected chi connectivity index (χ1v) is 9.51. The molecule has 25 heavy (non-hydrogen) atoms. The van der Waals surface area contributed by atoms with E-state index in [0.717, 1.165) is 6.07 Å². The summed E-state index contributed by atoms with van der Waals surface area (Å²) >= 11 is 6.15. The third-order valence-electron chi connectivity index (χ3n) is 3.85. The van der Waals surface area contributed by atoms with E-state index in [1.807, 2.05) is 0 Å². The van der Waals surface area contributed by atoms with E-state index in [1.165, 1.54) is 12.1 Å². The van der Waals surface area contributed by atoms with Crippen molar-refractivity contribution in [2.45, 2.75) is 6.18 Å². The first kappa shape index (κ1) is 17.8. The molecule has 0 N–H and O–H groups in total. The molecule has 0 fully saturated rings. The van der Waals surface area contributed by atoms with E-state index in [0.29, 0.717) is 10.6 Å². The molecule has 0 aliphatic rings. The SMILES string of the molecule is O=P(c1ccccc1)(c1ccccc1)c1c(Cl)cccc1C(F)(F)F. The summed E-state index contributed by atoms with van der Waals surface area (Å²) in [7, 11) is -3.80. The Morgan fingerprint density at radius 2 is 1.20 bits per heavy atom. The summed E-state index contributed by atoms with van der Waals surface area (Å²) in [5.74, 6) is 0. The summed E-state index contributed by atoms with van der Waals surface area (Å²) in [4.78, 5) is 0. The Balaban J connectivity index is 2.42. The zero-order valence-corrected chi connectivity index (χ0v) is 14.5. The van der Waals surface area contributed by atoms with Crippen molar-refractivity contribution in [1.29, 1.82) is 0 Å². The van der Waals surface area contributed by atoms with Crippen molar-refractivity contribution in [3.63, 3.8) is 0 Å². The number of hydrogen-bond acceptors (Lipinski definition) is 1. The molecule has 3 aromatic rings. The fourth-order valence-corrected chi connectivity index (χ4v) is 6.19. The molecule has 0 atom stereocenters. The maximum atomic E-state index is 14.1. The zero-order chi connectivity index (χ0) is 18.1. The first-order chi connectivity index (χ1) is 11.8. The van der Waals surface area contributed by atoms with Crippen molar-refractivity contribution in [2.75, 3.05) is 0 Å². The largest absolute Gasteiger partial charge is 0.417 e. The minimum Gasteiger partial charge on any atom is -0.309 e. The summed E-state index contributed by atoms with van der Waals surface area (Å²) in [5, 5.41) is 0.0760. The number of hydrogen-bond donors (Lipinski definition) is 0. The topological polar surface area (TPSA) is 17.1 Å². The van der Waals surface area contributed by atoms with Crippen molar-refractivity contribution in [3.05, 3.63) is 89.4 Å².